The number of hydrogen-bond donors (Lipinski definition) is 2. The van der Waals surface area contributed by atoms with Crippen LogP contribution in [0.25, 0.3) is 0 Å². The van der Waals surface area contributed by atoms with Crippen molar-refractivity contribution in [1.82, 2.24) is 14.9 Å². The van der Waals surface area contributed by atoms with Crippen LogP contribution in [0.15, 0.2) is 30.5 Å². The molecule has 7 nitrogen and oxygen atoms in total. The van der Waals surface area contributed by atoms with Gasteiger partial charge in [-0.15, -0.1) is 0 Å². The van der Waals surface area contributed by atoms with E-state index >= 15 is 0 Å². The third-order valence-electron chi connectivity index (χ3n) is 5.65. The molecule has 2 heterocycles. The number of carbonyl (C=O) groups is 1. The quantitative estimate of drug-likeness (QED) is 0.804. The van der Waals surface area contributed by atoms with Crippen molar-refractivity contribution in [2.45, 2.75) is 38.6 Å². The van der Waals surface area contributed by atoms with Gasteiger partial charge in [-0.25, -0.2) is 9.37 Å². The lowest BCUT2D eigenvalue weighted by atomic mass is 10.2. The average molecular weight is 398 g/mol. The summed E-state index contributed by atoms with van der Waals surface area (Å²) in [6.45, 7) is 4.75. The lowest BCUT2D eigenvalue weighted by molar-refractivity contribution is -0.129. The summed E-state index contributed by atoms with van der Waals surface area (Å²) < 4.78 is 14.1. The van der Waals surface area contributed by atoms with Gasteiger partial charge < -0.3 is 20.4 Å². The van der Waals surface area contributed by atoms with E-state index in [1.807, 2.05) is 29.2 Å². The van der Waals surface area contributed by atoms with E-state index in [0.29, 0.717) is 5.95 Å². The second-order valence-corrected chi connectivity index (χ2v) is 7.68. The molecule has 1 aromatic heterocycles. The summed E-state index contributed by atoms with van der Waals surface area (Å²) in [4.78, 5) is 24.0. The molecule has 0 unspecified atom stereocenters. The molecule has 1 saturated heterocycles. The lowest BCUT2D eigenvalue weighted by Crippen LogP contribution is -2.48. The molecular formula is C21H27FN6O. The fourth-order valence-corrected chi connectivity index (χ4v) is 3.96. The number of benzene rings is 1. The van der Waals surface area contributed by atoms with Crippen molar-refractivity contribution in [1.29, 1.82) is 0 Å². The molecule has 154 valence electrons. The molecule has 0 atom stereocenters. The van der Waals surface area contributed by atoms with E-state index < -0.39 is 5.82 Å². The minimum atomic E-state index is -0.428. The van der Waals surface area contributed by atoms with Crippen molar-refractivity contribution in [3.8, 4) is 0 Å². The first-order valence-electron chi connectivity index (χ1n) is 10.2. The number of amides is 1. The van der Waals surface area contributed by atoms with Crippen molar-refractivity contribution in [3.05, 3.63) is 36.3 Å². The zero-order valence-corrected chi connectivity index (χ0v) is 16.7. The number of piperazine rings is 1. The van der Waals surface area contributed by atoms with Gasteiger partial charge in [-0.3, -0.25) is 4.79 Å². The zero-order valence-electron chi connectivity index (χ0n) is 16.7. The van der Waals surface area contributed by atoms with Gasteiger partial charge in [0.25, 0.3) is 0 Å². The molecule has 4 rings (SSSR count). The Labute approximate surface area is 170 Å². The highest BCUT2D eigenvalue weighted by Crippen LogP contribution is 2.25. The monoisotopic (exact) mass is 398 g/mol. The maximum absolute atomic E-state index is 14.1. The molecule has 1 saturated carbocycles. The van der Waals surface area contributed by atoms with E-state index in [1.54, 1.807) is 6.92 Å². The summed E-state index contributed by atoms with van der Waals surface area (Å²) in [6.07, 6.45) is 5.65. The van der Waals surface area contributed by atoms with E-state index in [2.05, 4.69) is 25.5 Å². The zero-order chi connectivity index (χ0) is 20.2. The second-order valence-electron chi connectivity index (χ2n) is 7.68. The van der Waals surface area contributed by atoms with E-state index in [4.69, 9.17) is 0 Å². The standard InChI is InChI=1S/C21H27FN6O/c1-15(29)27-10-12-28(13-11-27)18-8-6-17(7-9-18)25-21-23-14-19(22)20(26-21)24-16-4-2-3-5-16/h6-9,14,16H,2-5,10-13H2,1H3,(H2,23,24,25,26). The average Bonchev–Trinajstić information content (AvgIpc) is 3.24. The third-order valence-corrected chi connectivity index (χ3v) is 5.65. The number of halogens is 1. The van der Waals surface area contributed by atoms with Crippen molar-refractivity contribution >= 4 is 29.0 Å². The second kappa shape index (κ2) is 8.63. The van der Waals surface area contributed by atoms with Gasteiger partial charge in [0.05, 0.1) is 6.20 Å². The Balaban J connectivity index is 1.38. The van der Waals surface area contributed by atoms with Gasteiger partial charge in [0.1, 0.15) is 0 Å². The van der Waals surface area contributed by atoms with Gasteiger partial charge in [0, 0.05) is 50.5 Å². The molecule has 1 aromatic carbocycles. The molecule has 0 radical (unpaired) electrons. The first kappa shape index (κ1) is 19.4. The molecule has 0 bridgehead atoms. The van der Waals surface area contributed by atoms with Crippen molar-refractivity contribution in [3.63, 3.8) is 0 Å². The summed E-state index contributed by atoms with van der Waals surface area (Å²) >= 11 is 0. The summed E-state index contributed by atoms with van der Waals surface area (Å²) in [6, 6.07) is 8.28. The van der Waals surface area contributed by atoms with Crippen LogP contribution in [0, 0.1) is 5.82 Å². The predicted molar refractivity (Wildman–Crippen MR) is 112 cm³/mol. The van der Waals surface area contributed by atoms with Crippen LogP contribution >= 0.6 is 0 Å². The van der Waals surface area contributed by atoms with Crippen LogP contribution in [0.4, 0.5) is 27.5 Å². The van der Waals surface area contributed by atoms with Gasteiger partial charge in [0.15, 0.2) is 11.6 Å². The van der Waals surface area contributed by atoms with Crippen molar-refractivity contribution in [2.24, 2.45) is 0 Å². The van der Waals surface area contributed by atoms with Crippen LogP contribution in [-0.4, -0.2) is 53.0 Å². The summed E-state index contributed by atoms with van der Waals surface area (Å²) in [5, 5.41) is 6.35. The summed E-state index contributed by atoms with van der Waals surface area (Å²) in [5.41, 5.74) is 1.96. The number of nitrogens with zero attached hydrogens (tertiary/aromatic N) is 4. The Morgan fingerprint density at radius 2 is 1.79 bits per heavy atom. The van der Waals surface area contributed by atoms with E-state index in [1.165, 1.54) is 19.0 Å². The van der Waals surface area contributed by atoms with Crippen LogP contribution in [0.2, 0.25) is 0 Å². The summed E-state index contributed by atoms with van der Waals surface area (Å²) in [5.74, 6) is 0.330. The first-order valence-corrected chi connectivity index (χ1v) is 10.2. The van der Waals surface area contributed by atoms with Crippen LogP contribution in [0.5, 0.6) is 0 Å². The fraction of sp³-hybridized carbons (Fsp3) is 0.476. The third kappa shape index (κ3) is 4.75. The molecular weight excluding hydrogens is 371 g/mol. The van der Waals surface area contributed by atoms with E-state index in [0.717, 1.165) is 50.4 Å². The van der Waals surface area contributed by atoms with Crippen LogP contribution in [-0.2, 0) is 4.79 Å². The van der Waals surface area contributed by atoms with Crippen LogP contribution in [0.3, 0.4) is 0 Å². The number of nitrogens with one attached hydrogen (secondary N) is 2. The van der Waals surface area contributed by atoms with Crippen LogP contribution in [0.1, 0.15) is 32.6 Å². The Bertz CT molecular complexity index is 845. The molecule has 1 aliphatic carbocycles. The number of aromatic nitrogens is 2. The van der Waals surface area contributed by atoms with Gasteiger partial charge >= 0.3 is 0 Å². The minimum Gasteiger partial charge on any atom is -0.368 e. The number of anilines is 4. The van der Waals surface area contributed by atoms with Crippen molar-refractivity contribution in [2.75, 3.05) is 41.7 Å². The molecule has 2 fully saturated rings. The Morgan fingerprint density at radius 3 is 2.45 bits per heavy atom. The Hall–Kier alpha value is -2.90. The van der Waals surface area contributed by atoms with Gasteiger partial charge in [-0.05, 0) is 37.1 Å². The van der Waals surface area contributed by atoms with Gasteiger partial charge in [-0.1, -0.05) is 12.8 Å². The largest absolute Gasteiger partial charge is 0.368 e. The molecule has 1 amide bonds. The highest BCUT2D eigenvalue weighted by molar-refractivity contribution is 5.73. The van der Waals surface area contributed by atoms with Gasteiger partial charge in [0.2, 0.25) is 11.9 Å². The SMILES string of the molecule is CC(=O)N1CCN(c2ccc(Nc3ncc(F)c(NC4CCCC4)n3)cc2)CC1. The normalized spacial score (nSPS) is 17.4. The highest BCUT2D eigenvalue weighted by atomic mass is 19.1. The number of hydrogen-bond acceptors (Lipinski definition) is 6. The maximum Gasteiger partial charge on any atom is 0.229 e. The molecule has 2 N–H and O–H groups in total. The van der Waals surface area contributed by atoms with Crippen molar-refractivity contribution < 1.29 is 9.18 Å². The molecule has 2 aromatic rings. The highest BCUT2D eigenvalue weighted by Gasteiger charge is 2.19. The number of rotatable bonds is 5. The van der Waals surface area contributed by atoms with E-state index in [9.17, 15) is 9.18 Å². The minimum absolute atomic E-state index is 0.130. The molecule has 1 aliphatic heterocycles. The smallest absolute Gasteiger partial charge is 0.229 e. The topological polar surface area (TPSA) is 73.4 Å². The predicted octanol–water partition coefficient (Wildman–Crippen LogP) is 3.38. The van der Waals surface area contributed by atoms with E-state index in [-0.39, 0.29) is 17.8 Å². The Kier molecular flexibility index (Phi) is 5.78. The molecule has 29 heavy (non-hydrogen) atoms. The van der Waals surface area contributed by atoms with Gasteiger partial charge in [-0.2, -0.15) is 4.98 Å². The van der Waals surface area contributed by atoms with Crippen LogP contribution < -0.4 is 15.5 Å². The fourth-order valence-electron chi connectivity index (χ4n) is 3.96. The lowest BCUT2D eigenvalue weighted by Gasteiger charge is -2.35. The number of carbonyl (C=O) groups excluding carboxylic acids is 1. The summed E-state index contributed by atoms with van der Waals surface area (Å²) in [7, 11) is 0. The molecule has 0 spiro atoms. The first-order chi connectivity index (χ1) is 14.1. The molecule has 8 heteroatoms. The maximum atomic E-state index is 14.1. The molecule has 2 aliphatic rings. The Morgan fingerprint density at radius 1 is 1.10 bits per heavy atom.